The maximum atomic E-state index is 13.8. The predicted octanol–water partition coefficient (Wildman–Crippen LogP) is 2.57. The number of benzene rings is 2. The van der Waals surface area contributed by atoms with E-state index in [1.807, 2.05) is 58.3 Å². The van der Waals surface area contributed by atoms with Crippen molar-refractivity contribution in [3.05, 3.63) is 66.2 Å². The maximum Gasteiger partial charge on any atom is 0.250 e. The number of amides is 2. The Kier molecular flexibility index (Phi) is 8.08. The van der Waals surface area contributed by atoms with E-state index >= 15 is 0 Å². The quantitative estimate of drug-likeness (QED) is 0.601. The van der Waals surface area contributed by atoms with Crippen molar-refractivity contribution in [2.24, 2.45) is 5.73 Å². The van der Waals surface area contributed by atoms with E-state index in [2.05, 4.69) is 35.8 Å². The highest BCUT2D eigenvalue weighted by Gasteiger charge is 2.54. The number of carbonyl (C=O) groups is 2. The molecule has 0 aliphatic carbocycles. The zero-order chi connectivity index (χ0) is 24.8. The molecule has 35 heavy (non-hydrogen) atoms. The third-order valence-electron chi connectivity index (χ3n) is 7.68. The van der Waals surface area contributed by atoms with Crippen LogP contribution in [-0.4, -0.2) is 84.0 Å². The van der Waals surface area contributed by atoms with Gasteiger partial charge in [-0.3, -0.25) is 9.59 Å². The number of hydrogen-bond donors (Lipinski definition) is 1. The lowest BCUT2D eigenvalue weighted by molar-refractivity contribution is -0.139. The van der Waals surface area contributed by atoms with E-state index in [-0.39, 0.29) is 11.8 Å². The number of likely N-dealkylation sites (tertiary alicyclic amines) is 1. The number of piperidine rings is 1. The molecule has 2 aliphatic heterocycles. The summed E-state index contributed by atoms with van der Waals surface area (Å²) < 4.78 is 0. The number of nitrogens with zero attached hydrogens (tertiary/aromatic N) is 4. The van der Waals surface area contributed by atoms with Gasteiger partial charge in [-0.2, -0.15) is 0 Å². The number of hydrogen-bond acceptors (Lipinski definition) is 5. The lowest BCUT2D eigenvalue weighted by atomic mass is 9.85. The normalized spacial score (nSPS) is 18.5. The molecule has 0 radical (unpaired) electrons. The van der Waals surface area contributed by atoms with Crippen LogP contribution >= 0.6 is 0 Å². The number of nitrogens with two attached hydrogens (primary N) is 1. The fraction of sp³-hybridized carbons (Fsp3) is 0.500. The Bertz CT molecular complexity index is 971. The van der Waals surface area contributed by atoms with Gasteiger partial charge in [0.1, 0.15) is 5.54 Å². The van der Waals surface area contributed by atoms with Crippen LogP contribution in [0.3, 0.4) is 0 Å². The first kappa shape index (κ1) is 25.2. The minimum Gasteiger partial charge on any atom is -0.341 e. The molecule has 2 aliphatic rings. The van der Waals surface area contributed by atoms with Crippen LogP contribution in [0.1, 0.15) is 32.3 Å². The smallest absolute Gasteiger partial charge is 0.250 e. The van der Waals surface area contributed by atoms with E-state index in [4.69, 9.17) is 5.73 Å². The van der Waals surface area contributed by atoms with Crippen LogP contribution in [0.2, 0.25) is 0 Å². The largest absolute Gasteiger partial charge is 0.341 e. The molecule has 2 heterocycles. The third-order valence-corrected chi connectivity index (χ3v) is 7.68. The second-order valence-corrected chi connectivity index (χ2v) is 9.65. The summed E-state index contributed by atoms with van der Waals surface area (Å²) in [6.45, 7) is 9.53. The molecular weight excluding hydrogens is 438 g/mol. The van der Waals surface area contributed by atoms with E-state index in [9.17, 15) is 9.59 Å². The van der Waals surface area contributed by atoms with Crippen LogP contribution in [0, 0.1) is 0 Å². The molecule has 7 nitrogen and oxygen atoms in total. The molecule has 188 valence electrons. The summed E-state index contributed by atoms with van der Waals surface area (Å²) >= 11 is 0. The van der Waals surface area contributed by atoms with Gasteiger partial charge in [0.25, 0.3) is 0 Å². The molecule has 2 aromatic carbocycles. The van der Waals surface area contributed by atoms with Crippen LogP contribution in [0.4, 0.5) is 5.69 Å². The first-order chi connectivity index (χ1) is 17.0. The van der Waals surface area contributed by atoms with E-state index in [0.29, 0.717) is 39.0 Å². The van der Waals surface area contributed by atoms with Gasteiger partial charge in [0.05, 0.1) is 12.7 Å². The fourth-order valence-electron chi connectivity index (χ4n) is 5.46. The summed E-state index contributed by atoms with van der Waals surface area (Å²) in [6, 6.07) is 19.5. The molecule has 2 fully saturated rings. The van der Waals surface area contributed by atoms with Crippen LogP contribution in [0.15, 0.2) is 60.7 Å². The molecule has 4 rings (SSSR count). The summed E-state index contributed by atoms with van der Waals surface area (Å²) in [5.74, 6) is 0.160. The molecule has 0 bridgehead atoms. The van der Waals surface area contributed by atoms with Gasteiger partial charge in [-0.1, -0.05) is 62.4 Å². The van der Waals surface area contributed by atoms with Gasteiger partial charge in [0, 0.05) is 31.9 Å². The number of likely N-dealkylation sites (N-methyl/N-ethyl adjacent to an activating group) is 1. The van der Waals surface area contributed by atoms with Crippen molar-refractivity contribution in [3.8, 4) is 0 Å². The van der Waals surface area contributed by atoms with Crippen molar-refractivity contribution >= 4 is 17.5 Å². The highest BCUT2D eigenvalue weighted by Crippen LogP contribution is 2.39. The Hall–Kier alpha value is -2.90. The summed E-state index contributed by atoms with van der Waals surface area (Å²) in [5.41, 5.74) is 7.82. The standard InChI is InChI=1S/C28H39N5O2/c1-3-30(4-2)19-20-32-22-33(24-13-9-6-10-14-24)28(27(32)35)15-17-31(18-16-28)26(34)25(29)21-23-11-7-5-8-12-23/h5-14,25H,3-4,15-22,29H2,1-2H3/t25-/m1/s1. The molecule has 0 saturated carbocycles. The van der Waals surface area contributed by atoms with Crippen LogP contribution < -0.4 is 10.6 Å². The molecule has 2 saturated heterocycles. The monoisotopic (exact) mass is 477 g/mol. The van der Waals surface area contributed by atoms with Gasteiger partial charge >= 0.3 is 0 Å². The fourth-order valence-corrected chi connectivity index (χ4v) is 5.46. The first-order valence-electron chi connectivity index (χ1n) is 12.9. The predicted molar refractivity (Wildman–Crippen MR) is 140 cm³/mol. The number of anilines is 1. The number of carbonyl (C=O) groups excluding carboxylic acids is 2. The third kappa shape index (κ3) is 5.36. The lowest BCUT2D eigenvalue weighted by Gasteiger charge is -2.43. The van der Waals surface area contributed by atoms with Gasteiger partial charge in [0.15, 0.2) is 0 Å². The van der Waals surface area contributed by atoms with Crippen molar-refractivity contribution in [2.45, 2.75) is 44.7 Å². The summed E-state index contributed by atoms with van der Waals surface area (Å²) in [5, 5.41) is 0. The van der Waals surface area contributed by atoms with Crippen molar-refractivity contribution in [1.82, 2.24) is 14.7 Å². The highest BCUT2D eigenvalue weighted by molar-refractivity contribution is 5.94. The Morgan fingerprint density at radius 1 is 1.00 bits per heavy atom. The molecular formula is C28H39N5O2. The number of rotatable bonds is 9. The van der Waals surface area contributed by atoms with Gasteiger partial charge in [0.2, 0.25) is 11.8 Å². The van der Waals surface area contributed by atoms with Crippen molar-refractivity contribution in [3.63, 3.8) is 0 Å². The Balaban J connectivity index is 1.46. The molecule has 7 heteroatoms. The zero-order valence-electron chi connectivity index (χ0n) is 21.1. The average molecular weight is 478 g/mol. The van der Waals surface area contributed by atoms with Crippen LogP contribution in [-0.2, 0) is 16.0 Å². The second kappa shape index (κ2) is 11.2. The topological polar surface area (TPSA) is 73.1 Å². The van der Waals surface area contributed by atoms with E-state index in [1.54, 1.807) is 0 Å². The molecule has 2 N–H and O–H groups in total. The van der Waals surface area contributed by atoms with Crippen LogP contribution in [0.25, 0.3) is 0 Å². The van der Waals surface area contributed by atoms with Crippen molar-refractivity contribution in [2.75, 3.05) is 50.8 Å². The summed E-state index contributed by atoms with van der Waals surface area (Å²) in [6.07, 6.45) is 1.76. The Morgan fingerprint density at radius 3 is 2.20 bits per heavy atom. The number of para-hydroxylation sites is 1. The SMILES string of the molecule is CCN(CC)CCN1CN(c2ccccc2)C2(CCN(C(=O)[C@H](N)Cc3ccccc3)CC2)C1=O. The molecule has 0 aromatic heterocycles. The first-order valence-corrected chi connectivity index (χ1v) is 12.9. The zero-order valence-corrected chi connectivity index (χ0v) is 21.1. The summed E-state index contributed by atoms with van der Waals surface area (Å²) in [7, 11) is 0. The highest BCUT2D eigenvalue weighted by atomic mass is 16.2. The molecule has 2 aromatic rings. The Labute approximate surface area is 209 Å². The van der Waals surface area contributed by atoms with Crippen LogP contribution in [0.5, 0.6) is 0 Å². The van der Waals surface area contributed by atoms with E-state index in [1.165, 1.54) is 0 Å². The summed E-state index contributed by atoms with van der Waals surface area (Å²) in [4.78, 5) is 35.5. The van der Waals surface area contributed by atoms with Gasteiger partial charge in [-0.05, 0) is 50.0 Å². The molecule has 2 amide bonds. The van der Waals surface area contributed by atoms with E-state index < -0.39 is 11.6 Å². The van der Waals surface area contributed by atoms with Gasteiger partial charge in [-0.25, -0.2) is 0 Å². The van der Waals surface area contributed by atoms with Gasteiger partial charge in [-0.15, -0.1) is 0 Å². The second-order valence-electron chi connectivity index (χ2n) is 9.65. The minimum absolute atomic E-state index is 0.0289. The van der Waals surface area contributed by atoms with Crippen molar-refractivity contribution in [1.29, 1.82) is 0 Å². The Morgan fingerprint density at radius 2 is 1.60 bits per heavy atom. The van der Waals surface area contributed by atoms with E-state index in [0.717, 1.165) is 37.4 Å². The lowest BCUT2D eigenvalue weighted by Crippen LogP contribution is -2.59. The minimum atomic E-state index is -0.606. The maximum absolute atomic E-state index is 13.8. The molecule has 1 spiro atoms. The molecule has 1 atom stereocenters. The van der Waals surface area contributed by atoms with Crippen molar-refractivity contribution < 1.29 is 9.59 Å². The average Bonchev–Trinajstić information content (AvgIpc) is 3.16. The molecule has 0 unspecified atom stereocenters. The van der Waals surface area contributed by atoms with Gasteiger partial charge < -0.3 is 25.3 Å².